The molecule has 0 saturated carbocycles. The number of imide groups is 2. The number of aryl methyl sites for hydroxylation is 1. The molecule has 0 atom stereocenters. The molecule has 2 aromatic rings. The summed E-state index contributed by atoms with van der Waals surface area (Å²) in [4.78, 5) is 36.3. The SMILES string of the molecule is Cc1nn(-c2ccccc2)c2c1C(=C1C(=O)NC(=O)NC1=O)CC(C)(C)C2. The number of aromatic nitrogens is 2. The van der Waals surface area contributed by atoms with E-state index in [1.807, 2.05) is 41.9 Å². The van der Waals surface area contributed by atoms with Crippen LogP contribution < -0.4 is 10.6 Å². The minimum absolute atomic E-state index is 0.000614. The smallest absolute Gasteiger partial charge is 0.273 e. The predicted molar refractivity (Wildman–Crippen MR) is 99.0 cm³/mol. The Balaban J connectivity index is 1.97. The van der Waals surface area contributed by atoms with Gasteiger partial charge in [0.05, 0.1) is 17.1 Å². The highest BCUT2D eigenvalue weighted by atomic mass is 16.2. The average Bonchev–Trinajstić information content (AvgIpc) is 2.90. The first-order valence-electron chi connectivity index (χ1n) is 8.81. The first-order valence-corrected chi connectivity index (χ1v) is 8.81. The fraction of sp³-hybridized carbons (Fsp3) is 0.300. The summed E-state index contributed by atoms with van der Waals surface area (Å²) in [5.41, 5.74) is 3.95. The third-order valence-corrected chi connectivity index (χ3v) is 4.97. The summed E-state index contributed by atoms with van der Waals surface area (Å²) in [5.74, 6) is -1.32. The van der Waals surface area contributed by atoms with Crippen molar-refractivity contribution in [2.75, 3.05) is 0 Å². The highest BCUT2D eigenvalue weighted by molar-refractivity contribution is 6.32. The van der Waals surface area contributed by atoms with Gasteiger partial charge in [0.25, 0.3) is 11.8 Å². The number of para-hydroxylation sites is 1. The number of rotatable bonds is 1. The van der Waals surface area contributed by atoms with Gasteiger partial charge in [0.2, 0.25) is 0 Å². The number of carbonyl (C=O) groups excluding carboxylic acids is 3. The molecule has 4 amide bonds. The lowest BCUT2D eigenvalue weighted by atomic mass is 9.72. The molecule has 27 heavy (non-hydrogen) atoms. The van der Waals surface area contributed by atoms with Crippen molar-refractivity contribution in [2.24, 2.45) is 5.41 Å². The molecule has 7 heteroatoms. The lowest BCUT2D eigenvalue weighted by Crippen LogP contribution is -2.52. The summed E-state index contributed by atoms with van der Waals surface area (Å²) < 4.78 is 1.88. The molecule has 1 aromatic heterocycles. The maximum atomic E-state index is 12.4. The minimum Gasteiger partial charge on any atom is -0.273 e. The van der Waals surface area contributed by atoms with E-state index in [4.69, 9.17) is 5.10 Å². The first kappa shape index (κ1) is 17.2. The number of hydrogen-bond acceptors (Lipinski definition) is 4. The summed E-state index contributed by atoms with van der Waals surface area (Å²) in [6.07, 6.45) is 1.31. The van der Waals surface area contributed by atoms with Crippen molar-refractivity contribution in [3.05, 3.63) is 52.9 Å². The summed E-state index contributed by atoms with van der Waals surface area (Å²) in [7, 11) is 0. The molecule has 7 nitrogen and oxygen atoms in total. The number of barbiturate groups is 1. The van der Waals surface area contributed by atoms with Crippen LogP contribution >= 0.6 is 0 Å². The lowest BCUT2D eigenvalue weighted by molar-refractivity contribution is -0.123. The Morgan fingerprint density at radius 2 is 1.63 bits per heavy atom. The molecule has 0 unspecified atom stereocenters. The van der Waals surface area contributed by atoms with Crippen LogP contribution in [0.4, 0.5) is 4.79 Å². The van der Waals surface area contributed by atoms with Gasteiger partial charge < -0.3 is 0 Å². The maximum Gasteiger partial charge on any atom is 0.328 e. The number of nitrogens with one attached hydrogen (secondary N) is 2. The Bertz CT molecular complexity index is 993. The molecule has 1 fully saturated rings. The van der Waals surface area contributed by atoms with Gasteiger partial charge in [-0.15, -0.1) is 0 Å². The number of hydrogen-bond donors (Lipinski definition) is 2. The van der Waals surface area contributed by atoms with E-state index in [2.05, 4.69) is 24.5 Å². The van der Waals surface area contributed by atoms with E-state index in [0.717, 1.165) is 29.1 Å². The highest BCUT2D eigenvalue weighted by Crippen LogP contribution is 2.45. The van der Waals surface area contributed by atoms with Gasteiger partial charge in [-0.25, -0.2) is 9.48 Å². The Morgan fingerprint density at radius 3 is 2.26 bits per heavy atom. The number of amides is 4. The van der Waals surface area contributed by atoms with Crippen LogP contribution in [-0.4, -0.2) is 27.6 Å². The number of urea groups is 1. The van der Waals surface area contributed by atoms with E-state index in [9.17, 15) is 14.4 Å². The quantitative estimate of drug-likeness (QED) is 0.600. The van der Waals surface area contributed by atoms with Crippen LogP contribution in [0.25, 0.3) is 11.3 Å². The largest absolute Gasteiger partial charge is 0.328 e. The van der Waals surface area contributed by atoms with E-state index in [0.29, 0.717) is 12.0 Å². The molecule has 1 saturated heterocycles. The summed E-state index contributed by atoms with van der Waals surface area (Å²) in [6, 6.07) is 8.98. The standard InChI is InChI=1S/C20H20N4O3/c1-11-15-13(16-17(25)21-19(27)22-18(16)26)9-20(2,3)10-14(15)24(23-11)12-7-5-4-6-8-12/h4-8H,9-10H2,1-3H3,(H2,21,22,25,26,27). The Labute approximate surface area is 156 Å². The van der Waals surface area contributed by atoms with Gasteiger partial charge in [-0.1, -0.05) is 32.0 Å². The van der Waals surface area contributed by atoms with Crippen molar-refractivity contribution in [1.29, 1.82) is 0 Å². The van der Waals surface area contributed by atoms with E-state index >= 15 is 0 Å². The zero-order valence-corrected chi connectivity index (χ0v) is 15.4. The van der Waals surface area contributed by atoms with Crippen molar-refractivity contribution >= 4 is 23.4 Å². The van der Waals surface area contributed by atoms with Crippen LogP contribution in [0.5, 0.6) is 0 Å². The number of benzene rings is 1. The molecule has 2 N–H and O–H groups in total. The third-order valence-electron chi connectivity index (χ3n) is 4.97. The maximum absolute atomic E-state index is 12.4. The van der Waals surface area contributed by atoms with Crippen LogP contribution in [0.1, 0.15) is 37.2 Å². The Kier molecular flexibility index (Phi) is 3.76. The predicted octanol–water partition coefficient (Wildman–Crippen LogP) is 2.27. The van der Waals surface area contributed by atoms with Gasteiger partial charge in [-0.3, -0.25) is 20.2 Å². The van der Waals surface area contributed by atoms with Crippen LogP contribution in [0.2, 0.25) is 0 Å². The molecule has 0 spiro atoms. The van der Waals surface area contributed by atoms with Crippen LogP contribution in [0.15, 0.2) is 35.9 Å². The third kappa shape index (κ3) is 2.85. The molecule has 0 radical (unpaired) electrons. The zero-order chi connectivity index (χ0) is 19.3. The van der Waals surface area contributed by atoms with Crippen molar-refractivity contribution in [2.45, 2.75) is 33.6 Å². The average molecular weight is 364 g/mol. The molecule has 0 bridgehead atoms. The van der Waals surface area contributed by atoms with E-state index < -0.39 is 17.8 Å². The zero-order valence-electron chi connectivity index (χ0n) is 15.4. The fourth-order valence-electron chi connectivity index (χ4n) is 3.95. The van der Waals surface area contributed by atoms with E-state index in [1.54, 1.807) is 0 Å². The van der Waals surface area contributed by atoms with Gasteiger partial charge in [0.15, 0.2) is 0 Å². The number of nitrogens with zero attached hydrogens (tertiary/aromatic N) is 2. The van der Waals surface area contributed by atoms with Gasteiger partial charge in [-0.05, 0) is 42.9 Å². The fourth-order valence-corrected chi connectivity index (χ4v) is 3.95. The second-order valence-corrected chi connectivity index (χ2v) is 7.76. The first-order chi connectivity index (χ1) is 12.8. The minimum atomic E-state index is -0.790. The van der Waals surface area contributed by atoms with Crippen molar-refractivity contribution in [3.63, 3.8) is 0 Å². The molecular weight excluding hydrogens is 344 g/mol. The molecule has 2 heterocycles. The Morgan fingerprint density at radius 1 is 1.00 bits per heavy atom. The topological polar surface area (TPSA) is 93.1 Å². The second kappa shape index (κ2) is 5.90. The van der Waals surface area contributed by atoms with Crippen molar-refractivity contribution < 1.29 is 14.4 Å². The van der Waals surface area contributed by atoms with E-state index in [1.165, 1.54) is 0 Å². The van der Waals surface area contributed by atoms with Gasteiger partial charge in [0, 0.05) is 5.56 Å². The number of allylic oxidation sites excluding steroid dienone is 1. The molecule has 1 aromatic carbocycles. The Hall–Kier alpha value is -3.22. The van der Waals surface area contributed by atoms with Crippen LogP contribution in [0.3, 0.4) is 0 Å². The molecule has 1 aliphatic carbocycles. The summed E-state index contributed by atoms with van der Waals surface area (Å²) in [5, 5.41) is 9.05. The second-order valence-electron chi connectivity index (χ2n) is 7.76. The summed E-state index contributed by atoms with van der Waals surface area (Å²) in [6.45, 7) is 6.07. The summed E-state index contributed by atoms with van der Waals surface area (Å²) >= 11 is 0. The number of fused-ring (bicyclic) bond motifs is 1. The normalized spacial score (nSPS) is 18.9. The molecule has 2 aliphatic rings. The van der Waals surface area contributed by atoms with Crippen LogP contribution in [0, 0.1) is 12.3 Å². The molecular formula is C20H20N4O3. The number of carbonyl (C=O) groups is 3. The van der Waals surface area contributed by atoms with Crippen LogP contribution in [-0.2, 0) is 16.0 Å². The molecule has 1 aliphatic heterocycles. The van der Waals surface area contributed by atoms with Gasteiger partial charge in [-0.2, -0.15) is 5.10 Å². The van der Waals surface area contributed by atoms with Crippen molar-refractivity contribution in [3.8, 4) is 5.69 Å². The highest BCUT2D eigenvalue weighted by Gasteiger charge is 2.39. The molecule has 138 valence electrons. The lowest BCUT2D eigenvalue weighted by Gasteiger charge is -2.33. The molecule has 4 rings (SSSR count). The van der Waals surface area contributed by atoms with Crippen molar-refractivity contribution in [1.82, 2.24) is 20.4 Å². The monoisotopic (exact) mass is 364 g/mol. The van der Waals surface area contributed by atoms with Gasteiger partial charge in [0.1, 0.15) is 5.57 Å². The van der Waals surface area contributed by atoms with Gasteiger partial charge >= 0.3 is 6.03 Å². The van der Waals surface area contributed by atoms with E-state index in [-0.39, 0.29) is 11.0 Å².